The molecular weight excluding hydrogens is 422 g/mol. The number of amides is 1. The number of fused-ring (bicyclic) bond motifs is 1. The summed E-state index contributed by atoms with van der Waals surface area (Å²) < 4.78 is 12.9. The number of rotatable bonds is 5. The van der Waals surface area contributed by atoms with Gasteiger partial charge in [-0.05, 0) is 56.4 Å². The number of hydrogen-bond acceptors (Lipinski definition) is 8. The lowest BCUT2D eigenvalue weighted by Crippen LogP contribution is -2.40. The van der Waals surface area contributed by atoms with Crippen molar-refractivity contribution < 1.29 is 14.3 Å². The first-order valence-corrected chi connectivity index (χ1v) is 11.2. The SMILES string of the molecule is COc1cc(-c2cc(N3CCC(N)CC3)n3ncnc(N)c23)ccc1NC(=O)OC1(C)CC1. The summed E-state index contributed by atoms with van der Waals surface area (Å²) in [4.78, 5) is 18.8. The van der Waals surface area contributed by atoms with Crippen molar-refractivity contribution in [1.82, 2.24) is 14.6 Å². The second-order valence-electron chi connectivity index (χ2n) is 9.03. The van der Waals surface area contributed by atoms with Crippen molar-refractivity contribution in [3.8, 4) is 16.9 Å². The highest BCUT2D eigenvalue weighted by Gasteiger charge is 2.41. The number of nitrogens with two attached hydrogens (primary N) is 2. The molecule has 2 fully saturated rings. The van der Waals surface area contributed by atoms with E-state index in [1.54, 1.807) is 13.2 Å². The number of anilines is 3. The molecule has 0 spiro atoms. The van der Waals surface area contributed by atoms with E-state index in [0.717, 1.165) is 61.2 Å². The fourth-order valence-electron chi connectivity index (χ4n) is 4.22. The maximum atomic E-state index is 12.3. The number of nitrogen functional groups attached to an aromatic ring is 1. The predicted molar refractivity (Wildman–Crippen MR) is 127 cm³/mol. The molecule has 0 unspecified atom stereocenters. The summed E-state index contributed by atoms with van der Waals surface area (Å²) in [5, 5.41) is 7.26. The summed E-state index contributed by atoms with van der Waals surface area (Å²) in [7, 11) is 1.57. The van der Waals surface area contributed by atoms with Gasteiger partial charge in [0, 0.05) is 24.7 Å². The van der Waals surface area contributed by atoms with E-state index in [-0.39, 0.29) is 11.6 Å². The molecule has 1 amide bonds. The van der Waals surface area contributed by atoms with Crippen LogP contribution in [0.2, 0.25) is 0 Å². The van der Waals surface area contributed by atoms with Gasteiger partial charge in [0.2, 0.25) is 0 Å². The van der Waals surface area contributed by atoms with Crippen molar-refractivity contribution in [3.05, 3.63) is 30.6 Å². The van der Waals surface area contributed by atoms with Crippen molar-refractivity contribution in [3.63, 3.8) is 0 Å². The average molecular weight is 452 g/mol. The molecule has 5 rings (SSSR count). The Morgan fingerprint density at radius 3 is 2.70 bits per heavy atom. The molecule has 2 aliphatic rings. The monoisotopic (exact) mass is 451 g/mol. The summed E-state index contributed by atoms with van der Waals surface area (Å²) in [6.45, 7) is 3.62. The smallest absolute Gasteiger partial charge is 0.412 e. The van der Waals surface area contributed by atoms with Crippen molar-refractivity contribution in [2.75, 3.05) is 36.1 Å². The quantitative estimate of drug-likeness (QED) is 0.539. The van der Waals surface area contributed by atoms with Crippen LogP contribution < -0.4 is 26.4 Å². The number of piperidine rings is 1. The van der Waals surface area contributed by atoms with Crippen molar-refractivity contribution in [1.29, 1.82) is 0 Å². The van der Waals surface area contributed by atoms with Crippen LogP contribution in [0.3, 0.4) is 0 Å². The van der Waals surface area contributed by atoms with Crippen LogP contribution in [0.4, 0.5) is 22.1 Å². The van der Waals surface area contributed by atoms with Gasteiger partial charge in [-0.3, -0.25) is 5.32 Å². The van der Waals surface area contributed by atoms with Crippen LogP contribution in [0, 0.1) is 0 Å². The third-order valence-electron chi connectivity index (χ3n) is 6.47. The molecule has 0 atom stereocenters. The first-order chi connectivity index (χ1) is 15.9. The number of ether oxygens (including phenoxy) is 2. The number of carbonyl (C=O) groups is 1. The van der Waals surface area contributed by atoms with Gasteiger partial charge in [-0.1, -0.05) is 6.07 Å². The van der Waals surface area contributed by atoms with Crippen molar-refractivity contribution in [2.45, 2.75) is 44.2 Å². The van der Waals surface area contributed by atoms with E-state index < -0.39 is 6.09 Å². The number of nitrogens with zero attached hydrogens (tertiary/aromatic N) is 4. The molecule has 174 valence electrons. The van der Waals surface area contributed by atoms with E-state index in [4.69, 9.17) is 20.9 Å². The van der Waals surface area contributed by atoms with Crippen LogP contribution in [0.15, 0.2) is 30.6 Å². The van der Waals surface area contributed by atoms with E-state index in [2.05, 4.69) is 26.4 Å². The Kier molecular flexibility index (Phi) is 5.24. The summed E-state index contributed by atoms with van der Waals surface area (Å²) in [5.74, 6) is 1.86. The van der Waals surface area contributed by atoms with Gasteiger partial charge in [-0.2, -0.15) is 5.10 Å². The normalized spacial score (nSPS) is 17.7. The van der Waals surface area contributed by atoms with Crippen LogP contribution >= 0.6 is 0 Å². The molecule has 3 aromatic rings. The highest BCUT2D eigenvalue weighted by atomic mass is 16.6. The summed E-state index contributed by atoms with van der Waals surface area (Å²) in [5.41, 5.74) is 15.0. The minimum atomic E-state index is -0.487. The molecule has 10 heteroatoms. The van der Waals surface area contributed by atoms with E-state index in [1.165, 1.54) is 6.33 Å². The van der Waals surface area contributed by atoms with E-state index in [9.17, 15) is 4.79 Å². The van der Waals surface area contributed by atoms with E-state index >= 15 is 0 Å². The first kappa shape index (κ1) is 21.3. The molecule has 0 radical (unpaired) electrons. The number of benzene rings is 1. The largest absolute Gasteiger partial charge is 0.495 e. The summed E-state index contributed by atoms with van der Waals surface area (Å²) >= 11 is 0. The van der Waals surface area contributed by atoms with Gasteiger partial charge in [0.05, 0.1) is 12.8 Å². The molecule has 1 saturated carbocycles. The Morgan fingerprint density at radius 1 is 1.24 bits per heavy atom. The lowest BCUT2D eigenvalue weighted by Gasteiger charge is -2.31. The number of nitrogens with one attached hydrogen (secondary N) is 1. The highest BCUT2D eigenvalue weighted by molar-refractivity contribution is 5.93. The highest BCUT2D eigenvalue weighted by Crippen LogP contribution is 2.40. The molecule has 10 nitrogen and oxygen atoms in total. The molecule has 1 aliphatic carbocycles. The van der Waals surface area contributed by atoms with Gasteiger partial charge in [-0.15, -0.1) is 0 Å². The molecule has 1 aromatic carbocycles. The lowest BCUT2D eigenvalue weighted by atomic mass is 10.0. The van der Waals surface area contributed by atoms with Gasteiger partial charge in [-0.25, -0.2) is 14.3 Å². The number of methoxy groups -OCH3 is 1. The molecule has 0 bridgehead atoms. The third-order valence-corrected chi connectivity index (χ3v) is 6.47. The molecule has 2 aromatic heterocycles. The number of hydrogen-bond donors (Lipinski definition) is 3. The molecular formula is C23H29N7O3. The molecule has 33 heavy (non-hydrogen) atoms. The Morgan fingerprint density at radius 2 is 2.00 bits per heavy atom. The van der Waals surface area contributed by atoms with Gasteiger partial charge in [0.1, 0.15) is 29.0 Å². The van der Waals surface area contributed by atoms with Crippen LogP contribution in [-0.2, 0) is 4.74 Å². The van der Waals surface area contributed by atoms with Crippen LogP contribution in [0.5, 0.6) is 5.75 Å². The fourth-order valence-corrected chi connectivity index (χ4v) is 4.22. The minimum absolute atomic E-state index is 0.227. The van der Waals surface area contributed by atoms with Gasteiger partial charge < -0.3 is 25.8 Å². The van der Waals surface area contributed by atoms with Gasteiger partial charge in [0.15, 0.2) is 5.82 Å². The third kappa shape index (κ3) is 4.13. The second kappa shape index (κ2) is 8.11. The average Bonchev–Trinajstić information content (AvgIpc) is 3.38. The predicted octanol–water partition coefficient (Wildman–Crippen LogP) is 3.02. The van der Waals surface area contributed by atoms with Crippen LogP contribution in [0.25, 0.3) is 16.6 Å². The Bertz CT molecular complexity index is 1200. The van der Waals surface area contributed by atoms with Crippen molar-refractivity contribution in [2.24, 2.45) is 5.73 Å². The molecule has 5 N–H and O–H groups in total. The lowest BCUT2D eigenvalue weighted by molar-refractivity contribution is 0.107. The fraction of sp³-hybridized carbons (Fsp3) is 0.435. The Balaban J connectivity index is 1.50. The zero-order valence-electron chi connectivity index (χ0n) is 18.9. The minimum Gasteiger partial charge on any atom is -0.495 e. The zero-order valence-corrected chi connectivity index (χ0v) is 18.9. The number of aromatic nitrogens is 3. The number of carbonyl (C=O) groups excluding carboxylic acids is 1. The van der Waals surface area contributed by atoms with E-state index in [1.807, 2.05) is 23.6 Å². The zero-order chi connectivity index (χ0) is 23.2. The van der Waals surface area contributed by atoms with E-state index in [0.29, 0.717) is 17.3 Å². The summed E-state index contributed by atoms with van der Waals surface area (Å²) in [6.07, 6.45) is 4.59. The second-order valence-corrected chi connectivity index (χ2v) is 9.03. The summed E-state index contributed by atoms with van der Waals surface area (Å²) in [6, 6.07) is 7.88. The Hall–Kier alpha value is -3.53. The maximum Gasteiger partial charge on any atom is 0.412 e. The van der Waals surface area contributed by atoms with Gasteiger partial charge >= 0.3 is 6.09 Å². The molecule has 1 aliphatic heterocycles. The molecule has 1 saturated heterocycles. The molecule has 3 heterocycles. The topological polar surface area (TPSA) is 133 Å². The van der Waals surface area contributed by atoms with Gasteiger partial charge in [0.25, 0.3) is 0 Å². The standard InChI is InChI=1S/C23H29N7O3/c1-23(7-8-23)33-22(31)28-17-4-3-14(11-18(17)32-2)16-12-19(29-9-5-15(24)6-10-29)30-20(16)21(25)26-13-27-30/h3-4,11-13,15H,5-10,24H2,1-2H3,(H,28,31)(H2,25,26,27). The Labute approximate surface area is 191 Å². The maximum absolute atomic E-state index is 12.3. The van der Waals surface area contributed by atoms with Crippen LogP contribution in [0.1, 0.15) is 32.6 Å². The van der Waals surface area contributed by atoms with Crippen molar-refractivity contribution >= 4 is 28.9 Å². The van der Waals surface area contributed by atoms with Crippen LogP contribution in [-0.4, -0.2) is 52.5 Å². The first-order valence-electron chi connectivity index (χ1n) is 11.2.